The summed E-state index contributed by atoms with van der Waals surface area (Å²) < 4.78 is 9.11. The van der Waals surface area contributed by atoms with Crippen molar-refractivity contribution in [1.82, 2.24) is 24.9 Å². The molecule has 206 valence electrons. The van der Waals surface area contributed by atoms with Crippen molar-refractivity contribution in [3.63, 3.8) is 0 Å². The maximum Gasteiger partial charge on any atom is 0.407 e. The molecule has 9 heteroatoms. The van der Waals surface area contributed by atoms with Gasteiger partial charge in [-0.05, 0) is 41.3 Å². The predicted molar refractivity (Wildman–Crippen MR) is 154 cm³/mol. The number of nitrogens with zero attached hydrogens (tertiary/aromatic N) is 4. The van der Waals surface area contributed by atoms with E-state index in [9.17, 15) is 14.7 Å². The van der Waals surface area contributed by atoms with Gasteiger partial charge in [0, 0.05) is 42.4 Å². The molecule has 9 nitrogen and oxygen atoms in total. The number of aliphatic carboxylic acids is 1. The van der Waals surface area contributed by atoms with Gasteiger partial charge in [-0.15, -0.1) is 0 Å². The van der Waals surface area contributed by atoms with Crippen LogP contribution in [0.1, 0.15) is 29.5 Å². The lowest BCUT2D eigenvalue weighted by molar-refractivity contribution is -0.139. The van der Waals surface area contributed by atoms with E-state index in [-0.39, 0.29) is 18.9 Å². The molecule has 1 amide bonds. The van der Waals surface area contributed by atoms with Crippen LogP contribution < -0.4 is 5.32 Å². The fourth-order valence-electron chi connectivity index (χ4n) is 5.38. The van der Waals surface area contributed by atoms with Gasteiger partial charge in [-0.25, -0.2) is 14.3 Å². The van der Waals surface area contributed by atoms with Crippen molar-refractivity contribution in [3.8, 4) is 28.1 Å². The van der Waals surface area contributed by atoms with E-state index in [0.29, 0.717) is 17.8 Å². The van der Waals surface area contributed by atoms with Crippen LogP contribution in [0, 0.1) is 0 Å². The van der Waals surface area contributed by atoms with Crippen molar-refractivity contribution in [1.29, 1.82) is 0 Å². The van der Waals surface area contributed by atoms with Gasteiger partial charge >= 0.3 is 12.1 Å². The van der Waals surface area contributed by atoms with Crippen LogP contribution in [0.2, 0.25) is 0 Å². The van der Waals surface area contributed by atoms with E-state index < -0.39 is 18.1 Å². The van der Waals surface area contributed by atoms with Gasteiger partial charge in [0.1, 0.15) is 12.6 Å². The number of carboxylic acids is 1. The second kappa shape index (κ2) is 11.1. The molecule has 0 saturated heterocycles. The molecule has 0 spiro atoms. The zero-order valence-corrected chi connectivity index (χ0v) is 22.5. The Morgan fingerprint density at radius 3 is 2.24 bits per heavy atom. The smallest absolute Gasteiger partial charge is 0.407 e. The standard InChI is InChI=1S/C32H29N5O4/c1-2-36-18-22(17-33-36)30-21(19-37(35-30)23-10-4-3-5-11-23)16-29(31(38)39)34-32(40)41-20-28-26-14-8-6-12-24(26)25-13-7-9-15-27(25)28/h3-15,17-19,28-29H,2,16,20H2,1H3,(H,34,40)(H,38,39). The van der Waals surface area contributed by atoms with E-state index in [0.717, 1.165) is 33.5 Å². The molecule has 1 atom stereocenters. The first-order valence-electron chi connectivity index (χ1n) is 13.5. The van der Waals surface area contributed by atoms with Gasteiger partial charge in [0.05, 0.1) is 17.6 Å². The number of hydrogen-bond acceptors (Lipinski definition) is 5. The predicted octanol–water partition coefficient (Wildman–Crippen LogP) is 5.29. The molecule has 5 aromatic rings. The Morgan fingerprint density at radius 1 is 0.951 bits per heavy atom. The highest BCUT2D eigenvalue weighted by Crippen LogP contribution is 2.44. The summed E-state index contributed by atoms with van der Waals surface area (Å²) in [6, 6.07) is 24.5. The zero-order valence-electron chi connectivity index (χ0n) is 22.5. The summed E-state index contributed by atoms with van der Waals surface area (Å²) in [7, 11) is 0. The number of amides is 1. The van der Waals surface area contributed by atoms with E-state index in [1.807, 2.05) is 79.9 Å². The maximum atomic E-state index is 12.9. The fourth-order valence-corrected chi connectivity index (χ4v) is 5.38. The second-order valence-corrected chi connectivity index (χ2v) is 9.93. The average Bonchev–Trinajstić information content (AvgIpc) is 3.72. The summed E-state index contributed by atoms with van der Waals surface area (Å²) in [5, 5.41) is 21.7. The van der Waals surface area contributed by atoms with Crippen LogP contribution in [0.3, 0.4) is 0 Å². The average molecular weight is 548 g/mol. The van der Waals surface area contributed by atoms with Crippen LogP contribution in [-0.4, -0.2) is 49.4 Å². The number of carboxylic acid groups (broad SMARTS) is 1. The quantitative estimate of drug-likeness (QED) is 0.259. The van der Waals surface area contributed by atoms with E-state index in [2.05, 4.69) is 22.5 Å². The number of carbonyl (C=O) groups is 2. The van der Waals surface area contributed by atoms with Crippen LogP contribution in [0.4, 0.5) is 4.79 Å². The number of fused-ring (bicyclic) bond motifs is 3. The number of nitrogens with one attached hydrogen (secondary N) is 1. The number of ether oxygens (including phenoxy) is 1. The first kappa shape index (κ1) is 26.1. The van der Waals surface area contributed by atoms with Crippen molar-refractivity contribution in [3.05, 3.63) is 114 Å². The summed E-state index contributed by atoms with van der Waals surface area (Å²) in [6.07, 6.45) is 4.60. The third-order valence-electron chi connectivity index (χ3n) is 7.40. The normalized spacial score (nSPS) is 12.9. The third kappa shape index (κ3) is 5.21. The molecule has 0 saturated carbocycles. The van der Waals surface area contributed by atoms with Gasteiger partial charge in [-0.3, -0.25) is 4.68 Å². The molecule has 0 fully saturated rings. The number of aromatic nitrogens is 4. The summed E-state index contributed by atoms with van der Waals surface area (Å²) >= 11 is 0. The number of benzene rings is 3. The van der Waals surface area contributed by atoms with Crippen molar-refractivity contribution in [2.75, 3.05) is 6.61 Å². The number of aryl methyl sites for hydroxylation is 1. The van der Waals surface area contributed by atoms with Crippen molar-refractivity contribution < 1.29 is 19.4 Å². The van der Waals surface area contributed by atoms with Gasteiger partial charge in [0.15, 0.2) is 0 Å². The van der Waals surface area contributed by atoms with Gasteiger partial charge < -0.3 is 15.2 Å². The Kier molecular flexibility index (Phi) is 7.08. The minimum absolute atomic E-state index is 0.0129. The minimum atomic E-state index is -1.22. The van der Waals surface area contributed by atoms with Crippen LogP contribution >= 0.6 is 0 Å². The van der Waals surface area contributed by atoms with E-state index >= 15 is 0 Å². The number of para-hydroxylation sites is 1. The zero-order chi connectivity index (χ0) is 28.3. The molecule has 6 rings (SSSR count). The number of hydrogen-bond donors (Lipinski definition) is 2. The summed E-state index contributed by atoms with van der Waals surface area (Å²) in [5.41, 5.74) is 7.28. The first-order chi connectivity index (χ1) is 20.0. The molecule has 3 aromatic carbocycles. The Morgan fingerprint density at radius 2 is 1.61 bits per heavy atom. The number of rotatable bonds is 9. The highest BCUT2D eigenvalue weighted by atomic mass is 16.5. The van der Waals surface area contributed by atoms with Gasteiger partial charge in [-0.2, -0.15) is 10.2 Å². The molecule has 1 aliphatic carbocycles. The molecule has 0 aliphatic heterocycles. The Bertz CT molecular complexity index is 1660. The Balaban J connectivity index is 1.21. The summed E-state index contributed by atoms with van der Waals surface area (Å²) in [5.74, 6) is -1.29. The fraction of sp³-hybridized carbons (Fsp3) is 0.188. The highest BCUT2D eigenvalue weighted by Gasteiger charge is 2.30. The highest BCUT2D eigenvalue weighted by molar-refractivity contribution is 5.81. The lowest BCUT2D eigenvalue weighted by Crippen LogP contribution is -2.43. The third-order valence-corrected chi connectivity index (χ3v) is 7.40. The largest absolute Gasteiger partial charge is 0.480 e. The molecule has 2 aromatic heterocycles. The van der Waals surface area contributed by atoms with Crippen LogP contribution in [0.15, 0.2) is 97.5 Å². The van der Waals surface area contributed by atoms with E-state index in [4.69, 9.17) is 9.84 Å². The molecule has 41 heavy (non-hydrogen) atoms. The lowest BCUT2D eigenvalue weighted by atomic mass is 9.98. The van der Waals surface area contributed by atoms with Crippen molar-refractivity contribution >= 4 is 12.1 Å². The van der Waals surface area contributed by atoms with E-state index in [1.165, 1.54) is 0 Å². The monoisotopic (exact) mass is 547 g/mol. The topological polar surface area (TPSA) is 111 Å². The van der Waals surface area contributed by atoms with E-state index in [1.54, 1.807) is 21.8 Å². The Labute approximate surface area is 237 Å². The Hall–Kier alpha value is -5.18. The van der Waals surface area contributed by atoms with Crippen molar-refractivity contribution in [2.45, 2.75) is 31.8 Å². The van der Waals surface area contributed by atoms with Gasteiger partial charge in [0.2, 0.25) is 0 Å². The molecular formula is C32H29N5O4. The SMILES string of the molecule is CCn1cc(-c2nn(-c3ccccc3)cc2CC(NC(=O)OCC2c3ccccc3-c3ccccc32)C(=O)O)cn1. The molecule has 0 bridgehead atoms. The number of carbonyl (C=O) groups excluding carboxylic acids is 1. The summed E-state index contributed by atoms with van der Waals surface area (Å²) in [4.78, 5) is 25.2. The summed E-state index contributed by atoms with van der Waals surface area (Å²) in [6.45, 7) is 2.77. The molecule has 2 N–H and O–H groups in total. The molecule has 2 heterocycles. The van der Waals surface area contributed by atoms with Crippen molar-refractivity contribution in [2.24, 2.45) is 0 Å². The molecule has 1 aliphatic rings. The van der Waals surface area contributed by atoms with Gasteiger partial charge in [-0.1, -0.05) is 66.7 Å². The minimum Gasteiger partial charge on any atom is -0.480 e. The van der Waals surface area contributed by atoms with Crippen LogP contribution in [0.25, 0.3) is 28.1 Å². The molecule has 1 unspecified atom stereocenters. The van der Waals surface area contributed by atoms with Gasteiger partial charge in [0.25, 0.3) is 0 Å². The first-order valence-corrected chi connectivity index (χ1v) is 13.5. The maximum absolute atomic E-state index is 12.9. The molecular weight excluding hydrogens is 518 g/mol. The van der Waals surface area contributed by atoms with Crippen LogP contribution in [-0.2, 0) is 22.5 Å². The number of alkyl carbamates (subject to hydrolysis) is 1. The molecule has 0 radical (unpaired) electrons. The van der Waals surface area contributed by atoms with Crippen LogP contribution in [0.5, 0.6) is 0 Å². The second-order valence-electron chi connectivity index (χ2n) is 9.93. The lowest BCUT2D eigenvalue weighted by Gasteiger charge is -2.17.